The van der Waals surface area contributed by atoms with Gasteiger partial charge in [-0.15, -0.1) is 0 Å². The van der Waals surface area contributed by atoms with Crippen molar-refractivity contribution in [3.05, 3.63) is 92.6 Å². The first-order valence-electron chi connectivity index (χ1n) is 33.3. The fraction of sp³-hybridized carbons (Fsp3) is 0.708. The molecule has 12 aliphatic rings. The topological polar surface area (TPSA) is 150 Å². The second kappa shape index (κ2) is 18.0. The van der Waals surface area contributed by atoms with Gasteiger partial charge in [0.15, 0.2) is 5.78 Å². The van der Waals surface area contributed by atoms with Gasteiger partial charge >= 0.3 is 0 Å². The maximum absolute atomic E-state index is 16.3. The van der Waals surface area contributed by atoms with Crippen molar-refractivity contribution in [1.82, 2.24) is 14.5 Å². The summed E-state index contributed by atoms with van der Waals surface area (Å²) >= 11 is 0. The van der Waals surface area contributed by atoms with Crippen molar-refractivity contribution >= 4 is 28.4 Å². The van der Waals surface area contributed by atoms with E-state index in [2.05, 4.69) is 99.8 Å². The molecule has 4 aromatic rings. The quantitative estimate of drug-likeness (QED) is 0.135. The van der Waals surface area contributed by atoms with Crippen LogP contribution in [0.3, 0.4) is 0 Å². The number of aryl methyl sites for hydroxylation is 1. The number of allylic oxidation sites excluding steroid dienone is 1. The molecule has 82 heavy (non-hydrogen) atoms. The van der Waals surface area contributed by atoms with Gasteiger partial charge in [0.25, 0.3) is 0 Å². The van der Waals surface area contributed by atoms with Gasteiger partial charge < -0.3 is 34.2 Å². The summed E-state index contributed by atoms with van der Waals surface area (Å²) in [5.41, 5.74) is 10.7. The molecule has 1 aromatic carbocycles. The SMILES string of the molecule is CC1(CC(O)C2OC2(C)C)CCc2c[nH]c3c(C4C(=O)CCc5c(C6CCOCC6)cc(C6CCCCC6)cc54)cn(c23)CC2C3=C1C(=O)CC3(C)C1(C)CCC3C(C)(C4CCCC4)C(=O)C4c5cc[nH]c5C5CCC4(C5)C3(C)C1C2O. The van der Waals surface area contributed by atoms with Gasteiger partial charge in [0.2, 0.25) is 0 Å². The number of benzene rings is 1. The van der Waals surface area contributed by atoms with E-state index in [0.717, 1.165) is 124 Å². The van der Waals surface area contributed by atoms with Gasteiger partial charge in [0, 0.05) is 84.8 Å². The number of aromatic nitrogens is 3. The summed E-state index contributed by atoms with van der Waals surface area (Å²) in [6, 6.07) is 7.31. The molecule has 0 radical (unpaired) electrons. The number of carbonyl (C=O) groups excluding carboxylic acids is 3. The Kier molecular flexibility index (Phi) is 11.7. The molecular formula is C72H93N3O7. The highest BCUT2D eigenvalue weighted by Crippen LogP contribution is 2.84. The Morgan fingerprint density at radius 2 is 1.52 bits per heavy atom. The van der Waals surface area contributed by atoms with Gasteiger partial charge in [-0.2, -0.15) is 0 Å². The second-order valence-electron chi connectivity index (χ2n) is 31.6. The molecule has 8 fully saturated rings. The highest BCUT2D eigenvalue weighted by Gasteiger charge is 2.81. The summed E-state index contributed by atoms with van der Waals surface area (Å²) in [7, 11) is 0. The van der Waals surface area contributed by atoms with Gasteiger partial charge in [-0.25, -0.2) is 0 Å². The van der Waals surface area contributed by atoms with Crippen LogP contribution in [0.4, 0.5) is 0 Å². The number of ether oxygens (including phenoxy) is 2. The van der Waals surface area contributed by atoms with Crippen molar-refractivity contribution in [3.63, 3.8) is 0 Å². The van der Waals surface area contributed by atoms with Crippen LogP contribution < -0.4 is 0 Å². The number of rotatable bonds is 7. The molecule has 3 aliphatic heterocycles. The van der Waals surface area contributed by atoms with Crippen molar-refractivity contribution in [1.29, 1.82) is 0 Å². The maximum Gasteiger partial charge on any atom is 0.160 e. The third-order valence-electron chi connectivity index (χ3n) is 27.9. The monoisotopic (exact) mass is 1110 g/mol. The van der Waals surface area contributed by atoms with Crippen LogP contribution in [0.5, 0.6) is 0 Å². The van der Waals surface area contributed by atoms with Crippen molar-refractivity contribution in [3.8, 4) is 0 Å². The first kappa shape index (κ1) is 53.4. The molecule has 15 unspecified atom stereocenters. The first-order chi connectivity index (χ1) is 39.3. The molecule has 6 saturated carbocycles. The molecule has 9 aliphatic carbocycles. The van der Waals surface area contributed by atoms with Crippen molar-refractivity contribution in [2.24, 2.45) is 56.2 Å². The average Bonchev–Trinajstić information content (AvgIpc) is 1.13. The third-order valence-corrected chi connectivity index (χ3v) is 27.9. The number of H-pyrrole nitrogens is 2. The number of aromatic amines is 2. The number of ketones is 3. The molecule has 1 spiro atoms. The first-order valence-corrected chi connectivity index (χ1v) is 33.3. The smallest absolute Gasteiger partial charge is 0.160 e. The lowest BCUT2D eigenvalue weighted by atomic mass is 9.27. The molecule has 2 bridgehead atoms. The van der Waals surface area contributed by atoms with E-state index < -0.39 is 56.7 Å². The van der Waals surface area contributed by atoms with E-state index in [-0.39, 0.29) is 40.8 Å². The second-order valence-corrected chi connectivity index (χ2v) is 31.6. The number of carbonyl (C=O) groups is 3. The molecule has 4 N–H and O–H groups in total. The summed E-state index contributed by atoms with van der Waals surface area (Å²) in [6.07, 6.45) is 25.5. The zero-order valence-corrected chi connectivity index (χ0v) is 50.5. The minimum absolute atomic E-state index is 0.0921. The standard InChI is InChI=1S/C72H93N3O7/c1-66(2)65(82-66)53(78)34-67(3)25-19-42-36-74-60-49(55-48-32-43(39-13-9-8-10-14-39)31-47(40-23-29-81-30-24-40)45(48)17-18-51(55)76)37-75(61(42)60)38-50-56-58(67)52(77)35-69(56,5)68(4)26-21-54-70(6,44-15-11-12-16-44)64(80)57-46-22-28-73-59(46)41-20-27-72(57,33-41)71(54,7)63(68)62(50)79/h22,28,31-32,36-37,39-41,44,50,53-55,57,62-63,65,73-74,78-79H,8-21,23-27,29-30,33-35,38H2,1-7H3. The predicted molar refractivity (Wildman–Crippen MR) is 317 cm³/mol. The van der Waals surface area contributed by atoms with E-state index in [9.17, 15) is 10.2 Å². The van der Waals surface area contributed by atoms with Crippen LogP contribution in [0.2, 0.25) is 0 Å². The average molecular weight is 1110 g/mol. The summed E-state index contributed by atoms with van der Waals surface area (Å²) < 4.78 is 14.6. The minimum atomic E-state index is -0.829. The van der Waals surface area contributed by atoms with E-state index in [1.54, 1.807) is 0 Å². The van der Waals surface area contributed by atoms with Gasteiger partial charge in [0.05, 0.1) is 40.7 Å². The van der Waals surface area contributed by atoms with Gasteiger partial charge in [-0.1, -0.05) is 78.9 Å². The van der Waals surface area contributed by atoms with Crippen LogP contribution in [0.25, 0.3) is 11.0 Å². The molecule has 0 amide bonds. The molecule has 10 heteroatoms. The normalized spacial score (nSPS) is 41.9. The fourth-order valence-corrected chi connectivity index (χ4v) is 24.0. The number of nitrogens with zero attached hydrogens (tertiary/aromatic N) is 1. The number of hydrogen-bond acceptors (Lipinski definition) is 7. The van der Waals surface area contributed by atoms with Crippen molar-refractivity contribution < 1.29 is 34.1 Å². The van der Waals surface area contributed by atoms with Crippen LogP contribution in [0, 0.1) is 56.2 Å². The van der Waals surface area contributed by atoms with Crippen LogP contribution >= 0.6 is 0 Å². The molecule has 2 saturated heterocycles. The summed E-state index contributed by atoms with van der Waals surface area (Å²) in [4.78, 5) is 55.2. The number of hydrogen-bond donors (Lipinski definition) is 4. The van der Waals surface area contributed by atoms with Gasteiger partial charge in [-0.3, -0.25) is 14.4 Å². The van der Waals surface area contributed by atoms with E-state index in [1.807, 2.05) is 0 Å². The molecule has 15 atom stereocenters. The number of aliphatic hydroxyl groups is 2. The van der Waals surface area contributed by atoms with Crippen LogP contribution in [0.15, 0.2) is 47.9 Å². The zero-order chi connectivity index (χ0) is 56.4. The highest BCUT2D eigenvalue weighted by molar-refractivity contribution is 6.02. The summed E-state index contributed by atoms with van der Waals surface area (Å²) in [6.45, 7) is 18.4. The molecular weight excluding hydrogens is 1020 g/mol. The van der Waals surface area contributed by atoms with Crippen molar-refractivity contribution in [2.45, 2.75) is 250 Å². The number of Topliss-reactive ketones (excluding diaryl/α,β-unsaturated/α-hetero) is 3. The maximum atomic E-state index is 16.3. The third kappa shape index (κ3) is 6.88. The van der Waals surface area contributed by atoms with Gasteiger partial charge in [0.1, 0.15) is 17.7 Å². The minimum Gasteiger partial charge on any atom is -0.392 e. The van der Waals surface area contributed by atoms with E-state index >= 15 is 14.4 Å². The molecule has 10 nitrogen and oxygen atoms in total. The number of aliphatic hydroxyl groups excluding tert-OH is 2. The number of epoxide rings is 1. The van der Waals surface area contributed by atoms with E-state index in [1.165, 1.54) is 65.6 Å². The molecule has 16 rings (SSSR count). The zero-order valence-electron chi connectivity index (χ0n) is 50.5. The van der Waals surface area contributed by atoms with Crippen LogP contribution in [-0.4, -0.2) is 79.2 Å². The lowest BCUT2D eigenvalue weighted by Gasteiger charge is -2.76. The van der Waals surface area contributed by atoms with Crippen LogP contribution in [-0.2, 0) is 43.2 Å². The van der Waals surface area contributed by atoms with E-state index in [0.29, 0.717) is 68.1 Å². The van der Waals surface area contributed by atoms with Gasteiger partial charge in [-0.05, 0) is 212 Å². The van der Waals surface area contributed by atoms with Crippen molar-refractivity contribution in [2.75, 3.05) is 13.2 Å². The lowest BCUT2D eigenvalue weighted by molar-refractivity contribution is -0.271. The predicted octanol–water partition coefficient (Wildman–Crippen LogP) is 13.9. The summed E-state index contributed by atoms with van der Waals surface area (Å²) in [5.74, 6) is 1.30. The Bertz CT molecular complexity index is 3370. The number of fused-ring (bicyclic) bond motifs is 9. The fourth-order valence-electron chi connectivity index (χ4n) is 24.0. The molecule has 438 valence electrons. The van der Waals surface area contributed by atoms with Crippen LogP contribution in [0.1, 0.15) is 251 Å². The Hall–Kier alpha value is -4.09. The Labute approximate surface area is 486 Å². The lowest BCUT2D eigenvalue weighted by Crippen LogP contribution is -2.74. The molecule has 6 heterocycles. The highest BCUT2D eigenvalue weighted by atomic mass is 16.6. The Morgan fingerprint density at radius 1 is 0.780 bits per heavy atom. The largest absolute Gasteiger partial charge is 0.392 e. The Morgan fingerprint density at radius 3 is 2.28 bits per heavy atom. The summed E-state index contributed by atoms with van der Waals surface area (Å²) in [5, 5.41) is 27.2. The number of nitrogens with one attached hydrogen (secondary N) is 2. The molecule has 3 aromatic heterocycles. The van der Waals surface area contributed by atoms with E-state index in [4.69, 9.17) is 9.47 Å². The Balaban J connectivity index is 0.901.